The molecular formula is C10H12N2O5. The summed E-state index contributed by atoms with van der Waals surface area (Å²) in [6, 6.07) is 1.36. The quantitative estimate of drug-likeness (QED) is 0.435. The highest BCUT2D eigenvalue weighted by molar-refractivity contribution is 5.72. The van der Waals surface area contributed by atoms with E-state index in [1.807, 2.05) is 0 Å². The highest BCUT2D eigenvalue weighted by Gasteiger charge is 2.17. The summed E-state index contributed by atoms with van der Waals surface area (Å²) in [5, 5.41) is 10.6. The third kappa shape index (κ3) is 3.40. The van der Waals surface area contributed by atoms with E-state index in [4.69, 9.17) is 9.47 Å². The van der Waals surface area contributed by atoms with Crippen molar-refractivity contribution in [2.75, 3.05) is 13.7 Å². The molecule has 0 unspecified atom stereocenters. The lowest BCUT2D eigenvalue weighted by Crippen LogP contribution is -2.09. The van der Waals surface area contributed by atoms with E-state index in [1.54, 1.807) is 6.92 Å². The minimum Gasteiger partial charge on any atom is -0.490 e. The molecule has 7 nitrogen and oxygen atoms in total. The molecule has 0 aromatic carbocycles. The van der Waals surface area contributed by atoms with E-state index in [0.29, 0.717) is 5.69 Å². The van der Waals surface area contributed by atoms with Gasteiger partial charge in [-0.3, -0.25) is 19.9 Å². The Hall–Kier alpha value is -2.18. The van der Waals surface area contributed by atoms with Crippen LogP contribution in [0.1, 0.15) is 12.6 Å². The summed E-state index contributed by atoms with van der Waals surface area (Å²) >= 11 is 0. The summed E-state index contributed by atoms with van der Waals surface area (Å²) in [5.41, 5.74) is 0.131. The van der Waals surface area contributed by atoms with Gasteiger partial charge in [-0.15, -0.1) is 0 Å². The fourth-order valence-electron chi connectivity index (χ4n) is 1.23. The standard InChI is InChI=1S/C10H12N2O5/c1-3-17-10(13)5-7-4-9(16-2)8(6-11-7)12(14)15/h4,6H,3,5H2,1-2H3. The first kappa shape index (κ1) is 12.9. The van der Waals surface area contributed by atoms with Gasteiger partial charge < -0.3 is 9.47 Å². The molecule has 1 heterocycles. The zero-order chi connectivity index (χ0) is 12.8. The minimum atomic E-state index is -0.597. The number of pyridine rings is 1. The molecule has 17 heavy (non-hydrogen) atoms. The summed E-state index contributed by atoms with van der Waals surface area (Å²) < 4.78 is 9.60. The lowest BCUT2D eigenvalue weighted by molar-refractivity contribution is -0.386. The Morgan fingerprint density at radius 1 is 1.59 bits per heavy atom. The summed E-state index contributed by atoms with van der Waals surface area (Å²) in [6.07, 6.45) is 1.02. The molecule has 7 heteroatoms. The maximum atomic E-state index is 11.2. The molecule has 1 aromatic heterocycles. The Bertz CT molecular complexity index is 433. The fraction of sp³-hybridized carbons (Fsp3) is 0.400. The van der Waals surface area contributed by atoms with Gasteiger partial charge in [0.05, 0.1) is 30.8 Å². The van der Waals surface area contributed by atoms with Crippen molar-refractivity contribution in [3.8, 4) is 5.75 Å². The second-order valence-corrected chi connectivity index (χ2v) is 3.09. The molecule has 0 fully saturated rings. The average molecular weight is 240 g/mol. The largest absolute Gasteiger partial charge is 0.490 e. The van der Waals surface area contributed by atoms with Crippen LogP contribution in [0, 0.1) is 10.1 Å². The Morgan fingerprint density at radius 2 is 2.29 bits per heavy atom. The van der Waals surface area contributed by atoms with Crippen LogP contribution in [-0.4, -0.2) is 29.6 Å². The van der Waals surface area contributed by atoms with E-state index in [2.05, 4.69) is 4.98 Å². The normalized spacial score (nSPS) is 9.76. The number of methoxy groups -OCH3 is 1. The van der Waals surface area contributed by atoms with Crippen LogP contribution in [-0.2, 0) is 16.0 Å². The van der Waals surface area contributed by atoms with Crippen molar-refractivity contribution in [2.45, 2.75) is 13.3 Å². The molecule has 0 bridgehead atoms. The average Bonchev–Trinajstić information content (AvgIpc) is 2.28. The van der Waals surface area contributed by atoms with Crippen molar-refractivity contribution >= 4 is 11.7 Å². The van der Waals surface area contributed by atoms with E-state index >= 15 is 0 Å². The molecule has 0 aliphatic heterocycles. The number of nitro groups is 1. The van der Waals surface area contributed by atoms with Gasteiger partial charge in [0.15, 0.2) is 5.75 Å². The number of hydrogen-bond donors (Lipinski definition) is 0. The maximum absolute atomic E-state index is 11.2. The molecule has 1 rings (SSSR count). The molecule has 0 saturated carbocycles. The molecule has 1 aromatic rings. The van der Waals surface area contributed by atoms with Gasteiger partial charge >= 0.3 is 11.7 Å². The summed E-state index contributed by atoms with van der Waals surface area (Å²) in [5.74, 6) is -0.361. The smallest absolute Gasteiger partial charge is 0.329 e. The van der Waals surface area contributed by atoms with Crippen molar-refractivity contribution < 1.29 is 19.2 Å². The molecular weight excluding hydrogens is 228 g/mol. The highest BCUT2D eigenvalue weighted by atomic mass is 16.6. The van der Waals surface area contributed by atoms with Crippen LogP contribution in [0.15, 0.2) is 12.3 Å². The number of rotatable bonds is 5. The number of carbonyl (C=O) groups excluding carboxylic acids is 1. The fourth-order valence-corrected chi connectivity index (χ4v) is 1.23. The first-order chi connectivity index (χ1) is 8.08. The number of hydrogen-bond acceptors (Lipinski definition) is 6. The second-order valence-electron chi connectivity index (χ2n) is 3.09. The summed E-state index contributed by atoms with van der Waals surface area (Å²) in [7, 11) is 1.32. The Kier molecular flexibility index (Phi) is 4.38. The van der Waals surface area contributed by atoms with Gasteiger partial charge in [-0.25, -0.2) is 0 Å². The monoisotopic (exact) mass is 240 g/mol. The van der Waals surface area contributed by atoms with Crippen LogP contribution in [0.2, 0.25) is 0 Å². The van der Waals surface area contributed by atoms with Gasteiger partial charge in [-0.05, 0) is 6.92 Å². The number of ether oxygens (including phenoxy) is 2. The van der Waals surface area contributed by atoms with Crippen molar-refractivity contribution in [3.05, 3.63) is 28.1 Å². The lowest BCUT2D eigenvalue weighted by atomic mass is 10.2. The van der Waals surface area contributed by atoms with Crippen LogP contribution in [0.4, 0.5) is 5.69 Å². The number of esters is 1. The van der Waals surface area contributed by atoms with Crippen molar-refractivity contribution in [2.24, 2.45) is 0 Å². The van der Waals surface area contributed by atoms with Gasteiger partial charge in [0, 0.05) is 6.07 Å². The van der Waals surface area contributed by atoms with Gasteiger partial charge in [-0.2, -0.15) is 0 Å². The van der Waals surface area contributed by atoms with Crippen LogP contribution in [0.5, 0.6) is 5.75 Å². The Morgan fingerprint density at radius 3 is 2.82 bits per heavy atom. The molecule has 0 saturated heterocycles. The first-order valence-electron chi connectivity index (χ1n) is 4.91. The van der Waals surface area contributed by atoms with Crippen LogP contribution < -0.4 is 4.74 Å². The third-order valence-corrected chi connectivity index (χ3v) is 1.95. The van der Waals surface area contributed by atoms with Crippen molar-refractivity contribution in [1.82, 2.24) is 4.98 Å². The predicted octanol–water partition coefficient (Wildman–Crippen LogP) is 1.10. The number of aromatic nitrogens is 1. The topological polar surface area (TPSA) is 91.6 Å². The molecule has 0 N–H and O–H groups in total. The second kappa shape index (κ2) is 5.78. The maximum Gasteiger partial charge on any atom is 0.329 e. The van der Waals surface area contributed by atoms with Crippen molar-refractivity contribution in [3.63, 3.8) is 0 Å². The zero-order valence-electron chi connectivity index (χ0n) is 9.50. The van der Waals surface area contributed by atoms with E-state index < -0.39 is 10.9 Å². The van der Waals surface area contributed by atoms with Crippen LogP contribution in [0.25, 0.3) is 0 Å². The first-order valence-corrected chi connectivity index (χ1v) is 4.91. The number of nitrogens with zero attached hydrogens (tertiary/aromatic N) is 2. The van der Waals surface area contributed by atoms with E-state index in [-0.39, 0.29) is 24.5 Å². The molecule has 0 aliphatic rings. The van der Waals surface area contributed by atoms with E-state index in [1.165, 1.54) is 13.2 Å². The van der Waals surface area contributed by atoms with Crippen molar-refractivity contribution in [1.29, 1.82) is 0 Å². The van der Waals surface area contributed by atoms with Gasteiger partial charge in [0.1, 0.15) is 6.20 Å². The lowest BCUT2D eigenvalue weighted by Gasteiger charge is -2.04. The van der Waals surface area contributed by atoms with Crippen LogP contribution in [0.3, 0.4) is 0 Å². The van der Waals surface area contributed by atoms with E-state index in [9.17, 15) is 14.9 Å². The van der Waals surface area contributed by atoms with Gasteiger partial charge in [0.25, 0.3) is 0 Å². The zero-order valence-corrected chi connectivity index (χ0v) is 9.50. The SMILES string of the molecule is CCOC(=O)Cc1cc(OC)c([N+](=O)[O-])cn1. The minimum absolute atomic E-state index is 0.0395. The van der Waals surface area contributed by atoms with E-state index in [0.717, 1.165) is 6.20 Å². The molecule has 0 aliphatic carbocycles. The Balaban J connectivity index is 2.90. The van der Waals surface area contributed by atoms with Gasteiger partial charge in [-0.1, -0.05) is 0 Å². The summed E-state index contributed by atoms with van der Waals surface area (Å²) in [6.45, 7) is 1.98. The van der Waals surface area contributed by atoms with Gasteiger partial charge in [0.2, 0.25) is 0 Å². The number of carbonyl (C=O) groups is 1. The molecule has 0 amide bonds. The molecule has 0 radical (unpaired) electrons. The Labute approximate surface area is 97.5 Å². The third-order valence-electron chi connectivity index (χ3n) is 1.95. The highest BCUT2D eigenvalue weighted by Crippen LogP contribution is 2.25. The molecule has 92 valence electrons. The molecule has 0 atom stereocenters. The predicted molar refractivity (Wildman–Crippen MR) is 57.8 cm³/mol. The van der Waals surface area contributed by atoms with Crippen LogP contribution >= 0.6 is 0 Å². The summed E-state index contributed by atoms with van der Waals surface area (Å²) in [4.78, 5) is 25.0. The molecule has 0 spiro atoms.